The van der Waals surface area contributed by atoms with Crippen molar-refractivity contribution in [2.75, 3.05) is 25.0 Å². The Bertz CT molecular complexity index is 1060. The molecule has 0 bridgehead atoms. The van der Waals surface area contributed by atoms with Crippen molar-refractivity contribution in [3.05, 3.63) is 76.8 Å². The number of hydrogen-bond donors (Lipinski definition) is 3. The third-order valence-electron chi connectivity index (χ3n) is 5.27. The van der Waals surface area contributed by atoms with Crippen LogP contribution < -0.4 is 10.6 Å². The summed E-state index contributed by atoms with van der Waals surface area (Å²) >= 11 is 0. The van der Waals surface area contributed by atoms with Crippen LogP contribution in [-0.2, 0) is 4.79 Å². The number of carbonyl (C=O) groups is 2. The number of allylic oxidation sites excluding steroid dienone is 2. The fourth-order valence-corrected chi connectivity index (χ4v) is 3.76. The minimum Gasteiger partial charge on any atom is -0.372 e. The smallest absolute Gasteiger partial charge is 0.256 e. The van der Waals surface area contributed by atoms with Crippen LogP contribution in [0.5, 0.6) is 0 Å². The Morgan fingerprint density at radius 1 is 1.24 bits per heavy atom. The highest BCUT2D eigenvalue weighted by Gasteiger charge is 2.25. The van der Waals surface area contributed by atoms with Crippen LogP contribution in [-0.4, -0.2) is 41.3 Å². The van der Waals surface area contributed by atoms with Gasteiger partial charge in [-0.3, -0.25) is 9.59 Å². The number of rotatable bonds is 5. The minimum atomic E-state index is -0.132. The van der Waals surface area contributed by atoms with Crippen LogP contribution in [0.25, 0.3) is 11.6 Å². The van der Waals surface area contributed by atoms with Gasteiger partial charge in [-0.25, -0.2) is 0 Å². The molecule has 3 heterocycles. The zero-order valence-electron chi connectivity index (χ0n) is 16.6. The average molecular weight is 388 g/mol. The van der Waals surface area contributed by atoms with Crippen molar-refractivity contribution in [2.24, 2.45) is 0 Å². The van der Waals surface area contributed by atoms with Gasteiger partial charge in [0.2, 0.25) is 0 Å². The van der Waals surface area contributed by atoms with E-state index in [4.69, 9.17) is 0 Å². The lowest BCUT2D eigenvalue weighted by atomic mass is 10.0. The van der Waals surface area contributed by atoms with Gasteiger partial charge in [-0.15, -0.1) is 0 Å². The molecule has 0 aliphatic carbocycles. The number of aromatic amines is 1. The summed E-state index contributed by atoms with van der Waals surface area (Å²) in [5.41, 5.74) is 5.32. The van der Waals surface area contributed by atoms with Crippen LogP contribution in [0.2, 0.25) is 0 Å². The van der Waals surface area contributed by atoms with Crippen molar-refractivity contribution < 1.29 is 9.59 Å². The van der Waals surface area contributed by atoms with E-state index in [0.717, 1.165) is 41.3 Å². The first-order valence-electron chi connectivity index (χ1n) is 9.72. The Morgan fingerprint density at radius 3 is 2.86 bits per heavy atom. The molecule has 0 radical (unpaired) electrons. The fraction of sp³-hybridized carbons (Fsp3) is 0.217. The van der Waals surface area contributed by atoms with E-state index in [1.807, 2.05) is 62.5 Å². The van der Waals surface area contributed by atoms with Gasteiger partial charge in [0.05, 0.1) is 11.1 Å². The van der Waals surface area contributed by atoms with Gasteiger partial charge in [0.25, 0.3) is 11.8 Å². The molecule has 0 fully saturated rings. The summed E-state index contributed by atoms with van der Waals surface area (Å²) in [5.74, 6) is -0.235. The molecule has 2 amide bonds. The van der Waals surface area contributed by atoms with E-state index < -0.39 is 0 Å². The lowest BCUT2D eigenvalue weighted by molar-refractivity contribution is -0.110. The van der Waals surface area contributed by atoms with Gasteiger partial charge in [-0.05, 0) is 43.8 Å². The number of aromatic nitrogens is 1. The number of amides is 2. The van der Waals surface area contributed by atoms with E-state index >= 15 is 0 Å². The van der Waals surface area contributed by atoms with Gasteiger partial charge >= 0.3 is 0 Å². The Labute approximate surface area is 170 Å². The molecular weight excluding hydrogens is 364 g/mol. The average Bonchev–Trinajstić information content (AvgIpc) is 3.18. The zero-order valence-corrected chi connectivity index (χ0v) is 16.6. The Balaban J connectivity index is 1.51. The number of nitrogens with zero attached hydrogens (tertiary/aromatic N) is 1. The number of carbonyl (C=O) groups excluding carboxylic acids is 2. The first-order valence-corrected chi connectivity index (χ1v) is 9.72. The number of anilines is 1. The van der Waals surface area contributed by atoms with Gasteiger partial charge in [-0.2, -0.15) is 0 Å². The summed E-state index contributed by atoms with van der Waals surface area (Å²) in [6.45, 7) is 5.96. The number of benzene rings is 1. The standard InChI is InChI=1S/C23H24N4O2/c1-15-20(14-18-17-8-4-5-9-19(17)26-22(18)28)25-16(2)21(15)23(29)24-10-13-27-11-6-3-7-12-27/h3-9,11,14,25H,10,12-13H2,1-2H3,(H,24,29)(H,26,28)/b18-14-. The SMILES string of the molecule is Cc1[nH]c(/C=C2\C(=O)Nc3ccccc32)c(C)c1C(=O)NCCN1C=CC=CC1. The van der Waals surface area contributed by atoms with Crippen LogP contribution in [0.1, 0.15) is 32.9 Å². The summed E-state index contributed by atoms with van der Waals surface area (Å²) in [4.78, 5) is 30.5. The highest BCUT2D eigenvalue weighted by Crippen LogP contribution is 2.33. The van der Waals surface area contributed by atoms with E-state index in [1.54, 1.807) is 0 Å². The number of aryl methyl sites for hydroxylation is 1. The number of H-pyrrole nitrogens is 1. The third-order valence-corrected chi connectivity index (χ3v) is 5.27. The van der Waals surface area contributed by atoms with Crippen molar-refractivity contribution in [3.63, 3.8) is 0 Å². The van der Waals surface area contributed by atoms with Crippen molar-refractivity contribution >= 4 is 29.2 Å². The predicted octanol–water partition coefficient (Wildman–Crippen LogP) is 3.24. The topological polar surface area (TPSA) is 77.2 Å². The molecule has 6 nitrogen and oxygen atoms in total. The summed E-state index contributed by atoms with van der Waals surface area (Å²) < 4.78 is 0. The molecule has 148 valence electrons. The molecule has 6 heteroatoms. The maximum absolute atomic E-state index is 12.8. The number of hydrogen-bond acceptors (Lipinski definition) is 3. The maximum Gasteiger partial charge on any atom is 0.256 e. The number of fused-ring (bicyclic) bond motifs is 1. The molecule has 0 saturated carbocycles. The molecule has 2 aromatic rings. The highest BCUT2D eigenvalue weighted by molar-refractivity contribution is 6.34. The molecule has 0 saturated heterocycles. The quantitative estimate of drug-likeness (QED) is 0.688. The van der Waals surface area contributed by atoms with E-state index in [2.05, 4.69) is 26.6 Å². The normalized spacial score (nSPS) is 16.3. The molecule has 29 heavy (non-hydrogen) atoms. The van der Waals surface area contributed by atoms with Crippen LogP contribution in [0.4, 0.5) is 5.69 Å². The van der Waals surface area contributed by atoms with Crippen molar-refractivity contribution in [1.29, 1.82) is 0 Å². The van der Waals surface area contributed by atoms with Gasteiger partial charge in [0.15, 0.2) is 0 Å². The Morgan fingerprint density at radius 2 is 2.07 bits per heavy atom. The second-order valence-corrected chi connectivity index (χ2v) is 7.24. The largest absolute Gasteiger partial charge is 0.372 e. The molecule has 2 aliphatic rings. The van der Waals surface area contributed by atoms with Crippen LogP contribution in [0.15, 0.2) is 48.7 Å². The second kappa shape index (κ2) is 7.83. The van der Waals surface area contributed by atoms with E-state index in [9.17, 15) is 9.59 Å². The summed E-state index contributed by atoms with van der Waals surface area (Å²) in [7, 11) is 0. The van der Waals surface area contributed by atoms with Gasteiger partial charge < -0.3 is 20.5 Å². The molecule has 0 atom stereocenters. The fourth-order valence-electron chi connectivity index (χ4n) is 3.76. The molecule has 0 unspecified atom stereocenters. The second-order valence-electron chi connectivity index (χ2n) is 7.24. The lowest BCUT2D eigenvalue weighted by Crippen LogP contribution is -2.33. The first-order chi connectivity index (χ1) is 14.0. The van der Waals surface area contributed by atoms with E-state index in [0.29, 0.717) is 17.7 Å². The van der Waals surface area contributed by atoms with Gasteiger partial charge in [-0.1, -0.05) is 30.4 Å². The number of para-hydroxylation sites is 1. The summed E-state index contributed by atoms with van der Waals surface area (Å²) in [6.07, 6.45) is 9.93. The van der Waals surface area contributed by atoms with E-state index in [1.165, 1.54) is 0 Å². The van der Waals surface area contributed by atoms with Crippen molar-refractivity contribution in [1.82, 2.24) is 15.2 Å². The van der Waals surface area contributed by atoms with Gasteiger partial charge in [0.1, 0.15) is 0 Å². The lowest BCUT2D eigenvalue weighted by Gasteiger charge is -2.20. The van der Waals surface area contributed by atoms with Gasteiger partial charge in [0, 0.05) is 42.3 Å². The van der Waals surface area contributed by atoms with E-state index in [-0.39, 0.29) is 11.8 Å². The zero-order chi connectivity index (χ0) is 20.4. The number of nitrogens with one attached hydrogen (secondary N) is 3. The molecule has 1 aromatic carbocycles. The summed E-state index contributed by atoms with van der Waals surface area (Å²) in [6, 6.07) is 7.60. The summed E-state index contributed by atoms with van der Waals surface area (Å²) in [5, 5.41) is 5.88. The molecule has 0 spiro atoms. The van der Waals surface area contributed by atoms with Crippen LogP contribution >= 0.6 is 0 Å². The van der Waals surface area contributed by atoms with Crippen LogP contribution in [0.3, 0.4) is 0 Å². The van der Waals surface area contributed by atoms with Crippen molar-refractivity contribution in [2.45, 2.75) is 13.8 Å². The first kappa shape index (κ1) is 18.8. The molecule has 2 aliphatic heterocycles. The Hall–Kier alpha value is -3.54. The third kappa shape index (κ3) is 3.74. The maximum atomic E-state index is 12.8. The Kier molecular flexibility index (Phi) is 5.08. The monoisotopic (exact) mass is 388 g/mol. The highest BCUT2D eigenvalue weighted by atomic mass is 16.2. The predicted molar refractivity (Wildman–Crippen MR) is 115 cm³/mol. The molecule has 1 aromatic heterocycles. The molecule has 3 N–H and O–H groups in total. The molecular formula is C23H24N4O2. The minimum absolute atomic E-state index is 0.103. The molecule has 4 rings (SSSR count). The van der Waals surface area contributed by atoms with Crippen LogP contribution in [0, 0.1) is 13.8 Å². The van der Waals surface area contributed by atoms with Crippen molar-refractivity contribution in [3.8, 4) is 0 Å².